The van der Waals surface area contributed by atoms with Crippen LogP contribution in [-0.2, 0) is 23.9 Å². The zero-order chi connectivity index (χ0) is 22.5. The molecule has 6 heteroatoms. The van der Waals surface area contributed by atoms with Crippen molar-refractivity contribution in [2.45, 2.75) is 123 Å². The predicted octanol–water partition coefficient (Wildman–Crippen LogP) is 4.93. The molecule has 0 saturated carbocycles. The summed E-state index contributed by atoms with van der Waals surface area (Å²) in [5, 5.41) is 2.71. The number of carbonyl (C=O) groups excluding carboxylic acids is 3. The van der Waals surface area contributed by atoms with E-state index in [1.54, 1.807) is 0 Å². The maximum atomic E-state index is 12.9. The van der Waals surface area contributed by atoms with Crippen molar-refractivity contribution in [3.63, 3.8) is 0 Å². The molecule has 1 heterocycles. The highest BCUT2D eigenvalue weighted by Crippen LogP contribution is 2.31. The SMILES string of the molecule is CCCCCC[C@@H]1C(=O)O[C@@H](CCCCC)C[C@H]1OC(=O)[C@@H](CC(C)C)NC(C)=O. The Bertz CT molecular complexity index is 534. The first-order valence-electron chi connectivity index (χ1n) is 12.0. The molecule has 1 rings (SSSR count). The lowest BCUT2D eigenvalue weighted by atomic mass is 9.87. The van der Waals surface area contributed by atoms with Gasteiger partial charge in [0.15, 0.2) is 0 Å². The Kier molecular flexibility index (Phi) is 12.7. The molecule has 30 heavy (non-hydrogen) atoms. The van der Waals surface area contributed by atoms with Gasteiger partial charge in [-0.3, -0.25) is 9.59 Å². The van der Waals surface area contributed by atoms with Crippen molar-refractivity contribution in [3.05, 3.63) is 0 Å². The molecule has 0 aromatic carbocycles. The van der Waals surface area contributed by atoms with Gasteiger partial charge in [0.05, 0.1) is 5.92 Å². The minimum Gasteiger partial charge on any atom is -0.462 e. The van der Waals surface area contributed by atoms with E-state index in [-0.39, 0.29) is 23.9 Å². The van der Waals surface area contributed by atoms with E-state index in [1.165, 1.54) is 6.92 Å². The van der Waals surface area contributed by atoms with Crippen molar-refractivity contribution in [2.75, 3.05) is 0 Å². The van der Waals surface area contributed by atoms with Crippen LogP contribution in [-0.4, -0.2) is 36.1 Å². The van der Waals surface area contributed by atoms with Gasteiger partial charge < -0.3 is 14.8 Å². The zero-order valence-electron chi connectivity index (χ0n) is 19.7. The van der Waals surface area contributed by atoms with E-state index >= 15 is 0 Å². The monoisotopic (exact) mass is 425 g/mol. The number of ether oxygens (including phenoxy) is 2. The summed E-state index contributed by atoms with van der Waals surface area (Å²) in [4.78, 5) is 37.2. The Balaban J connectivity index is 2.85. The van der Waals surface area contributed by atoms with Gasteiger partial charge >= 0.3 is 11.9 Å². The molecule has 1 N–H and O–H groups in total. The van der Waals surface area contributed by atoms with Gasteiger partial charge in [0.2, 0.25) is 5.91 Å². The van der Waals surface area contributed by atoms with Crippen LogP contribution >= 0.6 is 0 Å². The third-order valence-electron chi connectivity index (χ3n) is 5.66. The molecule has 1 amide bonds. The molecular weight excluding hydrogens is 382 g/mol. The molecule has 1 saturated heterocycles. The van der Waals surface area contributed by atoms with Crippen LogP contribution in [0.3, 0.4) is 0 Å². The minimum atomic E-state index is -0.681. The first-order chi connectivity index (χ1) is 14.3. The summed E-state index contributed by atoms with van der Waals surface area (Å²) in [7, 11) is 0. The first kappa shape index (κ1) is 26.4. The topological polar surface area (TPSA) is 81.7 Å². The van der Waals surface area contributed by atoms with Crippen LogP contribution in [0.4, 0.5) is 0 Å². The van der Waals surface area contributed by atoms with Crippen LogP contribution < -0.4 is 5.32 Å². The van der Waals surface area contributed by atoms with Crippen LogP contribution in [0.25, 0.3) is 0 Å². The maximum Gasteiger partial charge on any atom is 0.328 e. The van der Waals surface area contributed by atoms with E-state index in [9.17, 15) is 14.4 Å². The van der Waals surface area contributed by atoms with Crippen molar-refractivity contribution in [2.24, 2.45) is 11.8 Å². The fourth-order valence-electron chi connectivity index (χ4n) is 4.06. The summed E-state index contributed by atoms with van der Waals surface area (Å²) >= 11 is 0. The number of esters is 2. The molecule has 1 aliphatic rings. The van der Waals surface area contributed by atoms with Crippen molar-refractivity contribution in [3.8, 4) is 0 Å². The molecule has 0 aliphatic carbocycles. The van der Waals surface area contributed by atoms with Gasteiger partial charge in [0.1, 0.15) is 18.2 Å². The zero-order valence-corrected chi connectivity index (χ0v) is 19.7. The highest BCUT2D eigenvalue weighted by molar-refractivity contribution is 5.83. The standard InChI is InChI=1S/C24H43NO5/c1-6-8-10-12-14-20-22(16-19(29-23(20)27)13-11-9-7-2)30-24(28)21(15-17(3)4)25-18(5)26/h17,19-22H,6-16H2,1-5H3,(H,25,26)/t19-,20-,21+,22+/m0/s1. The van der Waals surface area contributed by atoms with Gasteiger partial charge in [-0.1, -0.05) is 66.2 Å². The van der Waals surface area contributed by atoms with E-state index in [4.69, 9.17) is 9.47 Å². The van der Waals surface area contributed by atoms with Crippen molar-refractivity contribution < 1.29 is 23.9 Å². The van der Waals surface area contributed by atoms with Crippen LogP contribution in [0, 0.1) is 11.8 Å². The molecule has 4 atom stereocenters. The molecule has 0 unspecified atom stereocenters. The Labute approximate surface area is 182 Å². The quantitative estimate of drug-likeness (QED) is 0.315. The van der Waals surface area contributed by atoms with E-state index in [0.29, 0.717) is 19.3 Å². The van der Waals surface area contributed by atoms with Gasteiger partial charge in [-0.15, -0.1) is 0 Å². The molecule has 0 aromatic heterocycles. The number of cyclic esters (lactones) is 1. The van der Waals surface area contributed by atoms with Gasteiger partial charge in [0.25, 0.3) is 0 Å². The second-order valence-electron chi connectivity index (χ2n) is 9.10. The Morgan fingerprint density at radius 1 is 1.07 bits per heavy atom. The molecular formula is C24H43NO5. The predicted molar refractivity (Wildman–Crippen MR) is 118 cm³/mol. The number of hydrogen-bond acceptors (Lipinski definition) is 5. The number of rotatable bonds is 14. The summed E-state index contributed by atoms with van der Waals surface area (Å²) in [6.45, 7) is 9.69. The summed E-state index contributed by atoms with van der Waals surface area (Å²) in [5.74, 6) is -1.11. The Morgan fingerprint density at radius 2 is 1.70 bits per heavy atom. The summed E-state index contributed by atoms with van der Waals surface area (Å²) in [5.41, 5.74) is 0. The molecule has 0 radical (unpaired) electrons. The van der Waals surface area contributed by atoms with Gasteiger partial charge in [-0.25, -0.2) is 4.79 Å². The molecule has 0 bridgehead atoms. The van der Waals surface area contributed by atoms with E-state index in [2.05, 4.69) is 19.2 Å². The molecule has 6 nitrogen and oxygen atoms in total. The van der Waals surface area contributed by atoms with Crippen LogP contribution in [0.5, 0.6) is 0 Å². The third-order valence-corrected chi connectivity index (χ3v) is 5.66. The van der Waals surface area contributed by atoms with E-state index < -0.39 is 24.0 Å². The van der Waals surface area contributed by atoms with Gasteiger partial charge in [0, 0.05) is 13.3 Å². The summed E-state index contributed by atoms with van der Waals surface area (Å²) in [6, 6.07) is -0.681. The maximum absolute atomic E-state index is 12.9. The van der Waals surface area contributed by atoms with Crippen molar-refractivity contribution >= 4 is 17.8 Å². The van der Waals surface area contributed by atoms with Crippen molar-refractivity contribution in [1.29, 1.82) is 0 Å². The highest BCUT2D eigenvalue weighted by Gasteiger charge is 2.41. The third kappa shape index (κ3) is 9.94. The molecule has 1 fully saturated rings. The lowest BCUT2D eigenvalue weighted by molar-refractivity contribution is -0.181. The van der Waals surface area contributed by atoms with E-state index in [1.807, 2.05) is 13.8 Å². The fourth-order valence-corrected chi connectivity index (χ4v) is 4.06. The summed E-state index contributed by atoms with van der Waals surface area (Å²) < 4.78 is 11.6. The second-order valence-corrected chi connectivity index (χ2v) is 9.10. The molecule has 0 spiro atoms. The van der Waals surface area contributed by atoms with Crippen LogP contribution in [0.2, 0.25) is 0 Å². The van der Waals surface area contributed by atoms with Gasteiger partial charge in [-0.2, -0.15) is 0 Å². The second kappa shape index (κ2) is 14.4. The number of unbranched alkanes of at least 4 members (excludes halogenated alkanes) is 5. The number of hydrogen-bond donors (Lipinski definition) is 1. The molecule has 1 aliphatic heterocycles. The molecule has 174 valence electrons. The van der Waals surface area contributed by atoms with Crippen LogP contribution in [0.1, 0.15) is 105 Å². The number of amides is 1. The summed E-state index contributed by atoms with van der Waals surface area (Å²) in [6.07, 6.45) is 9.30. The highest BCUT2D eigenvalue weighted by atomic mass is 16.6. The van der Waals surface area contributed by atoms with Gasteiger partial charge in [-0.05, 0) is 31.6 Å². The lowest BCUT2D eigenvalue weighted by Crippen LogP contribution is -2.48. The Hall–Kier alpha value is -1.59. The minimum absolute atomic E-state index is 0.196. The molecule has 0 aromatic rings. The van der Waals surface area contributed by atoms with Crippen LogP contribution in [0.15, 0.2) is 0 Å². The lowest BCUT2D eigenvalue weighted by Gasteiger charge is -2.35. The van der Waals surface area contributed by atoms with Crippen molar-refractivity contribution in [1.82, 2.24) is 5.32 Å². The van der Waals surface area contributed by atoms with E-state index in [0.717, 1.165) is 51.4 Å². The first-order valence-corrected chi connectivity index (χ1v) is 12.0. The number of nitrogens with one attached hydrogen (secondary N) is 1. The fraction of sp³-hybridized carbons (Fsp3) is 0.875. The average molecular weight is 426 g/mol. The number of carbonyl (C=O) groups is 3. The smallest absolute Gasteiger partial charge is 0.328 e. The average Bonchev–Trinajstić information content (AvgIpc) is 2.65. The Morgan fingerprint density at radius 3 is 2.30 bits per heavy atom. The largest absolute Gasteiger partial charge is 0.462 e. The normalized spacial score (nSPS) is 22.5.